The maximum absolute atomic E-state index is 11.6. The van der Waals surface area contributed by atoms with Gasteiger partial charge in [0.05, 0.1) is 11.4 Å². The number of carbonyl (C=O) groups is 1. The molecule has 1 fully saturated rings. The zero-order valence-corrected chi connectivity index (χ0v) is 8.90. The molecule has 0 aromatic heterocycles. The maximum atomic E-state index is 11.6. The van der Waals surface area contributed by atoms with Gasteiger partial charge in [0.2, 0.25) is 10.0 Å². The van der Waals surface area contributed by atoms with Gasteiger partial charge in [-0.15, -0.1) is 0 Å². The molecule has 0 spiro atoms. The first-order valence-electron chi connectivity index (χ1n) is 4.69. The third-order valence-corrected chi connectivity index (χ3v) is 4.29. The van der Waals surface area contributed by atoms with E-state index in [1.54, 1.807) is 24.3 Å². The molecule has 15 heavy (non-hydrogen) atoms. The van der Waals surface area contributed by atoms with Gasteiger partial charge in [-0.25, -0.2) is 8.42 Å². The van der Waals surface area contributed by atoms with Crippen molar-refractivity contribution in [3.05, 3.63) is 29.8 Å². The minimum Gasteiger partial charge on any atom is -0.298 e. The molecule has 1 aliphatic rings. The molecule has 1 aromatic carbocycles. The topological polar surface area (TPSA) is 54.5 Å². The molecule has 4 nitrogen and oxygen atoms in total. The van der Waals surface area contributed by atoms with E-state index in [1.807, 2.05) is 0 Å². The molecule has 0 N–H and O–H groups in total. The predicted octanol–water partition coefficient (Wildman–Crippen LogP) is 1.04. The molecular weight excluding hydrogens is 214 g/mol. The second-order valence-corrected chi connectivity index (χ2v) is 5.46. The number of sulfonamides is 1. The van der Waals surface area contributed by atoms with Crippen LogP contribution < -0.4 is 4.31 Å². The van der Waals surface area contributed by atoms with E-state index >= 15 is 0 Å². The fourth-order valence-electron chi connectivity index (χ4n) is 1.65. The molecule has 80 valence electrons. The summed E-state index contributed by atoms with van der Waals surface area (Å²) >= 11 is 0. The summed E-state index contributed by atoms with van der Waals surface area (Å²) in [4.78, 5) is 10.4. The lowest BCUT2D eigenvalue weighted by atomic mass is 10.2. The predicted molar refractivity (Wildman–Crippen MR) is 57.6 cm³/mol. The van der Waals surface area contributed by atoms with E-state index in [2.05, 4.69) is 0 Å². The highest BCUT2D eigenvalue weighted by Crippen LogP contribution is 2.23. The summed E-state index contributed by atoms with van der Waals surface area (Å²) in [6.45, 7) is 0.531. The fourth-order valence-corrected chi connectivity index (χ4v) is 3.21. The van der Waals surface area contributed by atoms with Crippen LogP contribution in [-0.2, 0) is 10.0 Å². The lowest BCUT2D eigenvalue weighted by Crippen LogP contribution is -2.24. The number of rotatable bonds is 2. The molecule has 5 heteroatoms. The number of anilines is 1. The van der Waals surface area contributed by atoms with Gasteiger partial charge in [0.25, 0.3) is 0 Å². The summed E-state index contributed by atoms with van der Waals surface area (Å²) in [5, 5.41) is 0. The van der Waals surface area contributed by atoms with Crippen molar-refractivity contribution in [3.63, 3.8) is 0 Å². The Bertz CT molecular complexity index is 464. The Kier molecular flexibility index (Phi) is 2.48. The molecule has 0 radical (unpaired) electrons. The molecule has 1 aliphatic heterocycles. The van der Waals surface area contributed by atoms with E-state index in [-0.39, 0.29) is 5.75 Å². The van der Waals surface area contributed by atoms with Crippen LogP contribution >= 0.6 is 0 Å². The highest BCUT2D eigenvalue weighted by atomic mass is 32.2. The second kappa shape index (κ2) is 3.66. The van der Waals surface area contributed by atoms with Crippen LogP contribution in [0.3, 0.4) is 0 Å². The van der Waals surface area contributed by atoms with Crippen LogP contribution in [-0.4, -0.2) is 27.0 Å². The van der Waals surface area contributed by atoms with Crippen molar-refractivity contribution in [1.29, 1.82) is 0 Å². The molecule has 0 atom stereocenters. The summed E-state index contributed by atoms with van der Waals surface area (Å²) in [6, 6.07) is 6.56. The van der Waals surface area contributed by atoms with E-state index in [0.717, 1.165) is 6.29 Å². The number of nitrogens with zero attached hydrogens (tertiary/aromatic N) is 1. The quantitative estimate of drug-likeness (QED) is 0.707. The second-order valence-electron chi connectivity index (χ2n) is 3.45. The highest BCUT2D eigenvalue weighted by Gasteiger charge is 2.28. The highest BCUT2D eigenvalue weighted by molar-refractivity contribution is 7.93. The monoisotopic (exact) mass is 225 g/mol. The van der Waals surface area contributed by atoms with Gasteiger partial charge >= 0.3 is 0 Å². The molecule has 1 saturated heterocycles. The van der Waals surface area contributed by atoms with Crippen LogP contribution in [0, 0.1) is 0 Å². The number of benzene rings is 1. The van der Waals surface area contributed by atoms with Gasteiger partial charge in [-0.3, -0.25) is 9.10 Å². The first kappa shape index (κ1) is 10.2. The zero-order chi connectivity index (χ0) is 10.9. The lowest BCUT2D eigenvalue weighted by Gasteiger charge is -2.16. The van der Waals surface area contributed by atoms with Gasteiger partial charge in [0.15, 0.2) is 0 Å². The largest absolute Gasteiger partial charge is 0.298 e. The smallest absolute Gasteiger partial charge is 0.235 e. The SMILES string of the molecule is O=Cc1ccc(N2CCCS2(=O)=O)cc1. The molecule has 0 saturated carbocycles. The van der Waals surface area contributed by atoms with E-state index in [4.69, 9.17) is 0 Å². The van der Waals surface area contributed by atoms with Crippen molar-refractivity contribution in [2.24, 2.45) is 0 Å². The lowest BCUT2D eigenvalue weighted by molar-refractivity contribution is 0.112. The minimum atomic E-state index is -3.11. The van der Waals surface area contributed by atoms with Crippen LogP contribution in [0.15, 0.2) is 24.3 Å². The Morgan fingerprint density at radius 1 is 1.20 bits per heavy atom. The van der Waals surface area contributed by atoms with Crippen molar-refractivity contribution in [2.75, 3.05) is 16.6 Å². The van der Waals surface area contributed by atoms with Crippen LogP contribution in [0.2, 0.25) is 0 Å². The Labute approximate surface area is 88.6 Å². The fraction of sp³-hybridized carbons (Fsp3) is 0.300. The van der Waals surface area contributed by atoms with E-state index in [1.165, 1.54) is 4.31 Å². The molecule has 1 heterocycles. The van der Waals surface area contributed by atoms with Crippen LogP contribution in [0.1, 0.15) is 16.8 Å². The molecule has 0 unspecified atom stereocenters. The van der Waals surface area contributed by atoms with Gasteiger partial charge in [-0.1, -0.05) is 0 Å². The van der Waals surface area contributed by atoms with Crippen LogP contribution in [0.25, 0.3) is 0 Å². The Morgan fingerprint density at radius 2 is 1.87 bits per heavy atom. The molecule has 2 rings (SSSR count). The first-order chi connectivity index (χ1) is 7.13. The molecule has 0 bridgehead atoms. The van der Waals surface area contributed by atoms with Gasteiger partial charge in [0.1, 0.15) is 6.29 Å². The minimum absolute atomic E-state index is 0.211. The zero-order valence-electron chi connectivity index (χ0n) is 8.09. The average molecular weight is 225 g/mol. The standard InChI is InChI=1S/C10H11NO3S/c12-8-9-2-4-10(5-3-9)11-6-1-7-15(11,13)14/h2-5,8H,1,6-7H2. The third kappa shape index (κ3) is 1.87. The first-order valence-corrected chi connectivity index (χ1v) is 6.30. The van der Waals surface area contributed by atoms with Crippen molar-refractivity contribution in [1.82, 2.24) is 0 Å². The third-order valence-electron chi connectivity index (χ3n) is 2.42. The summed E-state index contributed by atoms with van der Waals surface area (Å²) in [6.07, 6.45) is 1.40. The van der Waals surface area contributed by atoms with Crippen molar-refractivity contribution in [3.8, 4) is 0 Å². The number of aldehydes is 1. The van der Waals surface area contributed by atoms with Crippen LogP contribution in [0.5, 0.6) is 0 Å². The summed E-state index contributed by atoms with van der Waals surface area (Å²) in [5.74, 6) is 0.211. The van der Waals surface area contributed by atoms with Crippen molar-refractivity contribution >= 4 is 22.0 Å². The van der Waals surface area contributed by atoms with Gasteiger partial charge < -0.3 is 0 Å². The summed E-state index contributed by atoms with van der Waals surface area (Å²) in [5.41, 5.74) is 1.19. The number of hydrogen-bond donors (Lipinski definition) is 0. The maximum Gasteiger partial charge on any atom is 0.235 e. The Balaban J connectivity index is 2.34. The number of carbonyl (C=O) groups excluding carboxylic acids is 1. The molecular formula is C10H11NO3S. The molecule has 0 aliphatic carbocycles. The summed E-state index contributed by atoms with van der Waals surface area (Å²) < 4.78 is 24.5. The van der Waals surface area contributed by atoms with Gasteiger partial charge in [0, 0.05) is 12.1 Å². The molecule has 1 aromatic rings. The van der Waals surface area contributed by atoms with Gasteiger partial charge in [-0.2, -0.15) is 0 Å². The Morgan fingerprint density at radius 3 is 2.33 bits per heavy atom. The van der Waals surface area contributed by atoms with E-state index < -0.39 is 10.0 Å². The van der Waals surface area contributed by atoms with Crippen molar-refractivity contribution < 1.29 is 13.2 Å². The van der Waals surface area contributed by atoms with E-state index in [0.29, 0.717) is 24.2 Å². The summed E-state index contributed by atoms with van der Waals surface area (Å²) in [7, 11) is -3.11. The van der Waals surface area contributed by atoms with E-state index in [9.17, 15) is 13.2 Å². The Hall–Kier alpha value is -1.36. The van der Waals surface area contributed by atoms with Crippen LogP contribution in [0.4, 0.5) is 5.69 Å². The van der Waals surface area contributed by atoms with Crippen molar-refractivity contribution in [2.45, 2.75) is 6.42 Å². The molecule has 0 amide bonds. The normalized spacial score (nSPS) is 19.1. The average Bonchev–Trinajstić information content (AvgIpc) is 2.58. The number of hydrogen-bond acceptors (Lipinski definition) is 3. The van der Waals surface area contributed by atoms with Gasteiger partial charge in [-0.05, 0) is 30.7 Å².